The number of nitrogens with zero attached hydrogens (tertiary/aromatic N) is 7. The zero-order chi connectivity index (χ0) is 29.1. The van der Waals surface area contributed by atoms with Gasteiger partial charge in [-0.05, 0) is 43.5 Å². The number of carbonyl (C=O) groups excluding carboxylic acids is 1. The molecule has 0 radical (unpaired) electrons. The number of nitrogens with two attached hydrogens (primary N) is 1. The number of esters is 1. The van der Waals surface area contributed by atoms with Crippen LogP contribution in [0.5, 0.6) is 5.75 Å². The Labute approximate surface area is 227 Å². The van der Waals surface area contributed by atoms with Crippen LogP contribution < -0.4 is 15.3 Å². The average molecular weight is 577 g/mol. The first-order chi connectivity index (χ1) is 19.0. The number of aliphatic hydroxyl groups is 2. The topological polar surface area (TPSA) is 242 Å². The molecular weight excluding hydrogens is 549 g/mol. The number of hydrogen-bond acceptors (Lipinski definition) is 13. The van der Waals surface area contributed by atoms with Gasteiger partial charge in [0, 0.05) is 4.91 Å². The number of aliphatic hydroxyl groups excluding tert-OH is 1. The zero-order valence-corrected chi connectivity index (χ0v) is 22.6. The summed E-state index contributed by atoms with van der Waals surface area (Å²) in [7, 11) is -4.26. The Bertz CT molecular complexity index is 1460. The van der Waals surface area contributed by atoms with Crippen LogP contribution in [0.2, 0.25) is 0 Å². The Morgan fingerprint density at radius 1 is 1.40 bits per heavy atom. The highest BCUT2D eigenvalue weighted by molar-refractivity contribution is 7.52. The quantitative estimate of drug-likeness (QED) is 0.0840. The van der Waals surface area contributed by atoms with Crippen molar-refractivity contribution in [3.8, 4) is 5.75 Å². The second kappa shape index (κ2) is 11.7. The van der Waals surface area contributed by atoms with Gasteiger partial charge in [0.2, 0.25) is 5.95 Å². The molecule has 0 bridgehead atoms. The van der Waals surface area contributed by atoms with E-state index in [1.165, 1.54) is 36.9 Å². The molecule has 1 aliphatic rings. The number of ether oxygens (including phenoxy) is 2. The molecule has 40 heavy (non-hydrogen) atoms. The van der Waals surface area contributed by atoms with Crippen LogP contribution >= 0.6 is 7.75 Å². The molecule has 1 aromatic carbocycles. The maximum absolute atomic E-state index is 13.7. The second-order valence-corrected chi connectivity index (χ2v) is 10.6. The van der Waals surface area contributed by atoms with Gasteiger partial charge in [-0.3, -0.25) is 13.9 Å². The van der Waals surface area contributed by atoms with E-state index in [0.717, 1.165) is 0 Å². The number of aromatic nitrogens is 4. The maximum Gasteiger partial charge on any atom is 0.459 e. The van der Waals surface area contributed by atoms with Crippen LogP contribution in [0, 0.1) is 0 Å². The summed E-state index contributed by atoms with van der Waals surface area (Å²) in [6.07, 6.45) is -2.83. The lowest BCUT2D eigenvalue weighted by Crippen LogP contribution is -2.44. The Balaban J connectivity index is 1.58. The van der Waals surface area contributed by atoms with Crippen molar-refractivity contribution in [3.63, 3.8) is 0 Å². The number of para-hydroxylation sites is 1. The van der Waals surface area contributed by atoms with Gasteiger partial charge in [0.25, 0.3) is 0 Å². The lowest BCUT2D eigenvalue weighted by atomic mass is 9.96. The van der Waals surface area contributed by atoms with E-state index in [1.807, 2.05) is 0 Å². The molecule has 1 unspecified atom stereocenters. The molecule has 1 fully saturated rings. The fourth-order valence-corrected chi connectivity index (χ4v) is 5.52. The molecule has 17 nitrogen and oxygen atoms in total. The molecule has 1 aliphatic heterocycles. The van der Waals surface area contributed by atoms with Crippen molar-refractivity contribution in [2.75, 3.05) is 18.9 Å². The van der Waals surface area contributed by atoms with Crippen LogP contribution in [0.15, 0.2) is 41.8 Å². The first-order valence-electron chi connectivity index (χ1n) is 12.0. The molecule has 214 valence electrons. The molecule has 0 aliphatic carbocycles. The molecule has 0 amide bonds. The summed E-state index contributed by atoms with van der Waals surface area (Å²) >= 11 is 0. The van der Waals surface area contributed by atoms with Crippen LogP contribution in [0.25, 0.3) is 21.6 Å². The smallest absolute Gasteiger partial charge is 0.459 e. The minimum atomic E-state index is -4.26. The number of imidazole rings is 1. The summed E-state index contributed by atoms with van der Waals surface area (Å²) in [6.45, 7) is 3.94. The van der Waals surface area contributed by atoms with E-state index in [4.69, 9.17) is 29.8 Å². The van der Waals surface area contributed by atoms with Gasteiger partial charge < -0.3 is 29.9 Å². The van der Waals surface area contributed by atoms with Crippen molar-refractivity contribution in [1.29, 1.82) is 0 Å². The van der Waals surface area contributed by atoms with E-state index in [2.05, 4.69) is 30.1 Å². The largest absolute Gasteiger partial charge is 0.465 e. The molecule has 0 saturated carbocycles. The zero-order valence-electron chi connectivity index (χ0n) is 21.7. The summed E-state index contributed by atoms with van der Waals surface area (Å²) in [4.78, 5) is 26.9. The van der Waals surface area contributed by atoms with Crippen LogP contribution in [0.1, 0.15) is 27.0 Å². The van der Waals surface area contributed by atoms with Crippen molar-refractivity contribution >= 4 is 36.6 Å². The predicted octanol–water partition coefficient (Wildman–Crippen LogP) is 2.10. The van der Waals surface area contributed by atoms with Crippen molar-refractivity contribution in [3.05, 3.63) is 47.1 Å². The van der Waals surface area contributed by atoms with Crippen molar-refractivity contribution in [2.24, 2.45) is 5.11 Å². The fourth-order valence-electron chi connectivity index (χ4n) is 4.02. The Morgan fingerprint density at radius 2 is 2.12 bits per heavy atom. The van der Waals surface area contributed by atoms with E-state index in [1.54, 1.807) is 25.1 Å². The van der Waals surface area contributed by atoms with Crippen molar-refractivity contribution in [2.45, 2.75) is 50.8 Å². The highest BCUT2D eigenvalue weighted by Gasteiger charge is 2.54. The minimum Gasteiger partial charge on any atom is -0.465 e. The third-order valence-electron chi connectivity index (χ3n) is 5.94. The standard InChI is InChI=1S/C22H28N9O8P/c1-4-36-19(33)12(2)29-40(35,39-13-8-6-5-7-9-13)37-10-14-16(32)22(3,34)20(38-14)31-11-25-15-17(28-30-24)26-21(23)27-18(15)31/h5-9,11-12,14,16,20,32,34H,4,10H2,1-3H3,(H,29,35)(H2,23,26,27)/t12-,14+,16+,20+,22+,40?/m0/s1. The Kier molecular flexibility index (Phi) is 8.56. The lowest BCUT2D eigenvalue weighted by molar-refractivity contribution is -0.144. The Hall–Kier alpha value is -3.82. The van der Waals surface area contributed by atoms with Gasteiger partial charge in [0.1, 0.15) is 35.1 Å². The number of nitrogen functional groups attached to an aromatic ring is 1. The summed E-state index contributed by atoms with van der Waals surface area (Å²) < 4.78 is 37.0. The highest BCUT2D eigenvalue weighted by Crippen LogP contribution is 2.47. The summed E-state index contributed by atoms with van der Waals surface area (Å²) in [5, 5.41) is 28.1. The molecule has 5 N–H and O–H groups in total. The fraction of sp³-hybridized carbons (Fsp3) is 0.455. The number of carbonyl (C=O) groups is 1. The summed E-state index contributed by atoms with van der Waals surface area (Å²) in [5.74, 6) is -0.861. The number of benzene rings is 1. The molecule has 1 saturated heterocycles. The summed E-state index contributed by atoms with van der Waals surface area (Å²) in [6, 6.07) is 7.03. The second-order valence-electron chi connectivity index (χ2n) is 8.92. The predicted molar refractivity (Wildman–Crippen MR) is 139 cm³/mol. The third-order valence-corrected chi connectivity index (χ3v) is 7.58. The van der Waals surface area contributed by atoms with Gasteiger partial charge in [-0.2, -0.15) is 10.1 Å². The number of azide groups is 1. The molecule has 3 aromatic rings. The highest BCUT2D eigenvalue weighted by atomic mass is 31.2. The van der Waals surface area contributed by atoms with Gasteiger partial charge in [-0.15, -0.1) is 0 Å². The van der Waals surface area contributed by atoms with Crippen LogP contribution in [-0.2, 0) is 23.4 Å². The van der Waals surface area contributed by atoms with E-state index < -0.39 is 50.4 Å². The molecule has 2 aromatic heterocycles. The van der Waals surface area contributed by atoms with Gasteiger partial charge in [0.05, 0.1) is 19.5 Å². The third kappa shape index (κ3) is 6.00. The first-order valence-corrected chi connectivity index (χ1v) is 13.6. The molecule has 18 heteroatoms. The van der Waals surface area contributed by atoms with Crippen LogP contribution in [0.4, 0.5) is 11.8 Å². The number of rotatable bonds is 11. The number of hydrogen-bond donors (Lipinski definition) is 4. The SMILES string of the molecule is CCOC(=O)[C@H](C)NP(=O)(OC[C@H]1O[C@@H](n2cnc3c(N=[N+]=[N-])nc(N)nc32)[C@](C)(O)[C@@H]1O)Oc1ccccc1. The van der Waals surface area contributed by atoms with Crippen molar-refractivity contribution < 1.29 is 38.1 Å². The average Bonchev–Trinajstić information content (AvgIpc) is 3.41. The lowest BCUT2D eigenvalue weighted by Gasteiger charge is -2.27. The van der Waals surface area contributed by atoms with Gasteiger partial charge in [-0.25, -0.2) is 14.5 Å². The monoisotopic (exact) mass is 577 g/mol. The van der Waals surface area contributed by atoms with Gasteiger partial charge >= 0.3 is 13.7 Å². The first kappa shape index (κ1) is 29.2. The molecule has 4 rings (SSSR count). The van der Waals surface area contributed by atoms with E-state index in [9.17, 15) is 19.6 Å². The number of fused-ring (bicyclic) bond motifs is 1. The van der Waals surface area contributed by atoms with Crippen molar-refractivity contribution in [1.82, 2.24) is 24.6 Å². The normalized spacial score (nSPS) is 24.7. The number of nitrogens with one attached hydrogen (secondary N) is 1. The molecule has 0 spiro atoms. The maximum atomic E-state index is 13.7. The summed E-state index contributed by atoms with van der Waals surface area (Å²) in [5.41, 5.74) is 12.8. The Morgan fingerprint density at radius 3 is 2.80 bits per heavy atom. The van der Waals surface area contributed by atoms with Crippen LogP contribution in [-0.4, -0.2) is 72.8 Å². The molecule has 3 heterocycles. The van der Waals surface area contributed by atoms with Crippen LogP contribution in [0.3, 0.4) is 0 Å². The molecular formula is C22H28N9O8P. The number of anilines is 1. The van der Waals surface area contributed by atoms with E-state index in [0.29, 0.717) is 0 Å². The molecule has 6 atom stereocenters. The van der Waals surface area contributed by atoms with Gasteiger partial charge in [-0.1, -0.05) is 18.2 Å². The van der Waals surface area contributed by atoms with Gasteiger partial charge in [0.15, 0.2) is 17.7 Å². The minimum absolute atomic E-state index is 0.0666. The van der Waals surface area contributed by atoms with E-state index in [-0.39, 0.29) is 35.3 Å². The van der Waals surface area contributed by atoms with E-state index >= 15 is 0 Å².